The average molecular weight is 165 g/mol. The summed E-state index contributed by atoms with van der Waals surface area (Å²) < 4.78 is 0. The molecule has 0 bridgehead atoms. The number of aliphatic hydroxyl groups is 1. The number of aliphatic imine (C=N–C) groups is 1. The molecule has 1 atom stereocenters. The number of hydrogen-bond acceptors (Lipinski definition) is 2. The number of aliphatic hydroxyl groups excluding tert-OH is 1. The molecular weight excluding hydrogens is 154 g/mol. The van der Waals surface area contributed by atoms with Crippen LogP contribution >= 0.6 is 0 Å². The summed E-state index contributed by atoms with van der Waals surface area (Å²) >= 11 is 0. The second-order valence-corrected chi connectivity index (χ2v) is 2.34. The average Bonchev–Trinajstić information content (AvgIpc) is 2.05. The number of guanidine groups is 1. The van der Waals surface area contributed by atoms with E-state index in [9.17, 15) is 5.11 Å². The largest absolute Gasteiger partial charge is 0.370 e. The van der Waals surface area contributed by atoms with E-state index in [4.69, 9.17) is 11.5 Å². The van der Waals surface area contributed by atoms with Crippen molar-refractivity contribution in [2.45, 2.75) is 6.23 Å². The molecule has 0 aliphatic carbocycles. The number of hydrogen-bond donors (Lipinski definition) is 3. The number of benzene rings is 1. The van der Waals surface area contributed by atoms with Crippen molar-refractivity contribution in [3.8, 4) is 0 Å². The minimum atomic E-state index is -0.962. The standard InChI is InChI=1S/C8H11N3O/c9-8(10)11-7(12)6-4-2-1-3-5-6/h1-5,7,12H,(H4,9,10,11). The van der Waals surface area contributed by atoms with Crippen molar-refractivity contribution in [2.24, 2.45) is 16.5 Å². The third kappa shape index (κ3) is 2.25. The highest BCUT2D eigenvalue weighted by Crippen LogP contribution is 2.11. The SMILES string of the molecule is NC(N)=NC(O)c1ccccc1. The van der Waals surface area contributed by atoms with Gasteiger partial charge in [-0.25, -0.2) is 4.99 Å². The molecule has 5 N–H and O–H groups in total. The molecule has 0 aliphatic heterocycles. The van der Waals surface area contributed by atoms with Gasteiger partial charge in [-0.2, -0.15) is 0 Å². The van der Waals surface area contributed by atoms with Gasteiger partial charge in [0.25, 0.3) is 0 Å². The normalized spacial score (nSPS) is 12.1. The summed E-state index contributed by atoms with van der Waals surface area (Å²) in [6.07, 6.45) is -0.962. The van der Waals surface area contributed by atoms with Gasteiger partial charge in [0.05, 0.1) is 0 Å². The quantitative estimate of drug-likeness (QED) is 0.424. The molecule has 0 radical (unpaired) electrons. The summed E-state index contributed by atoms with van der Waals surface area (Å²) in [5.74, 6) is -0.119. The predicted octanol–water partition coefficient (Wildman–Crippen LogP) is -0.0491. The number of rotatable bonds is 2. The monoisotopic (exact) mass is 165 g/mol. The van der Waals surface area contributed by atoms with Crippen molar-refractivity contribution in [1.82, 2.24) is 0 Å². The molecule has 1 aromatic rings. The topological polar surface area (TPSA) is 84.6 Å². The fourth-order valence-electron chi connectivity index (χ4n) is 0.841. The lowest BCUT2D eigenvalue weighted by Gasteiger charge is -2.04. The Labute approximate surface area is 70.5 Å². The van der Waals surface area contributed by atoms with E-state index < -0.39 is 6.23 Å². The van der Waals surface area contributed by atoms with Gasteiger partial charge in [0.2, 0.25) is 0 Å². The molecule has 0 saturated heterocycles. The molecule has 0 fully saturated rings. The minimum Gasteiger partial charge on any atom is -0.370 e. The van der Waals surface area contributed by atoms with Crippen LogP contribution in [0.5, 0.6) is 0 Å². The fourth-order valence-corrected chi connectivity index (χ4v) is 0.841. The Morgan fingerprint density at radius 2 is 1.83 bits per heavy atom. The molecule has 0 saturated carbocycles. The van der Waals surface area contributed by atoms with Crippen molar-refractivity contribution >= 4 is 5.96 Å². The van der Waals surface area contributed by atoms with Gasteiger partial charge >= 0.3 is 0 Å². The Balaban J connectivity index is 2.79. The van der Waals surface area contributed by atoms with Crippen molar-refractivity contribution in [1.29, 1.82) is 0 Å². The predicted molar refractivity (Wildman–Crippen MR) is 47.2 cm³/mol. The van der Waals surface area contributed by atoms with Gasteiger partial charge in [-0.3, -0.25) is 0 Å². The van der Waals surface area contributed by atoms with Crippen LogP contribution in [0, 0.1) is 0 Å². The molecule has 64 valence electrons. The summed E-state index contributed by atoms with van der Waals surface area (Å²) in [5, 5.41) is 9.34. The molecule has 0 aromatic heterocycles. The van der Waals surface area contributed by atoms with Crippen molar-refractivity contribution in [2.75, 3.05) is 0 Å². The maximum atomic E-state index is 9.34. The van der Waals surface area contributed by atoms with Crippen LogP contribution in [-0.2, 0) is 0 Å². The van der Waals surface area contributed by atoms with Crippen LogP contribution < -0.4 is 11.5 Å². The molecule has 4 heteroatoms. The fraction of sp³-hybridized carbons (Fsp3) is 0.125. The van der Waals surface area contributed by atoms with E-state index in [2.05, 4.69) is 4.99 Å². The lowest BCUT2D eigenvalue weighted by atomic mass is 10.2. The van der Waals surface area contributed by atoms with E-state index >= 15 is 0 Å². The van der Waals surface area contributed by atoms with E-state index in [-0.39, 0.29) is 5.96 Å². The lowest BCUT2D eigenvalue weighted by Crippen LogP contribution is -2.23. The summed E-state index contributed by atoms with van der Waals surface area (Å²) in [7, 11) is 0. The molecule has 12 heavy (non-hydrogen) atoms. The van der Waals surface area contributed by atoms with Gasteiger partial charge < -0.3 is 16.6 Å². The smallest absolute Gasteiger partial charge is 0.188 e. The molecule has 0 spiro atoms. The van der Waals surface area contributed by atoms with Crippen LogP contribution in [0.25, 0.3) is 0 Å². The summed E-state index contributed by atoms with van der Waals surface area (Å²) in [5.41, 5.74) is 10.9. The Bertz CT molecular complexity index is 267. The Hall–Kier alpha value is -1.55. The van der Waals surface area contributed by atoms with E-state index in [0.29, 0.717) is 5.56 Å². The van der Waals surface area contributed by atoms with E-state index in [1.807, 2.05) is 6.07 Å². The Morgan fingerprint density at radius 3 is 2.33 bits per heavy atom. The maximum Gasteiger partial charge on any atom is 0.188 e. The highest BCUT2D eigenvalue weighted by Gasteiger charge is 2.02. The molecular formula is C8H11N3O. The van der Waals surface area contributed by atoms with Gasteiger partial charge in [0.15, 0.2) is 12.2 Å². The van der Waals surface area contributed by atoms with Gasteiger partial charge in [-0.1, -0.05) is 30.3 Å². The zero-order valence-electron chi connectivity index (χ0n) is 6.51. The van der Waals surface area contributed by atoms with Crippen LogP contribution in [0.4, 0.5) is 0 Å². The zero-order chi connectivity index (χ0) is 8.97. The van der Waals surface area contributed by atoms with Gasteiger partial charge in [0.1, 0.15) is 0 Å². The van der Waals surface area contributed by atoms with E-state index in [0.717, 1.165) is 0 Å². The lowest BCUT2D eigenvalue weighted by molar-refractivity contribution is 0.188. The highest BCUT2D eigenvalue weighted by molar-refractivity contribution is 5.75. The summed E-state index contributed by atoms with van der Waals surface area (Å²) in [4.78, 5) is 3.58. The summed E-state index contributed by atoms with van der Waals surface area (Å²) in [6.45, 7) is 0. The van der Waals surface area contributed by atoms with Crippen molar-refractivity contribution < 1.29 is 5.11 Å². The maximum absolute atomic E-state index is 9.34. The van der Waals surface area contributed by atoms with Crippen LogP contribution in [-0.4, -0.2) is 11.1 Å². The van der Waals surface area contributed by atoms with E-state index in [1.165, 1.54) is 0 Å². The van der Waals surface area contributed by atoms with Crippen LogP contribution in [0.1, 0.15) is 11.8 Å². The molecule has 1 rings (SSSR count). The second kappa shape index (κ2) is 3.73. The molecule has 0 amide bonds. The first-order valence-corrected chi connectivity index (χ1v) is 3.52. The zero-order valence-corrected chi connectivity index (χ0v) is 6.51. The van der Waals surface area contributed by atoms with Gasteiger partial charge in [-0.15, -0.1) is 0 Å². The van der Waals surface area contributed by atoms with Gasteiger partial charge in [-0.05, 0) is 0 Å². The molecule has 1 aromatic carbocycles. The molecule has 0 heterocycles. The first-order chi connectivity index (χ1) is 5.70. The van der Waals surface area contributed by atoms with Crippen molar-refractivity contribution in [3.63, 3.8) is 0 Å². The van der Waals surface area contributed by atoms with Crippen LogP contribution in [0.2, 0.25) is 0 Å². The van der Waals surface area contributed by atoms with Crippen LogP contribution in [0.15, 0.2) is 35.3 Å². The molecule has 0 aliphatic rings. The first kappa shape index (κ1) is 8.55. The van der Waals surface area contributed by atoms with Crippen molar-refractivity contribution in [3.05, 3.63) is 35.9 Å². The van der Waals surface area contributed by atoms with E-state index in [1.54, 1.807) is 24.3 Å². The third-order valence-electron chi connectivity index (χ3n) is 1.37. The van der Waals surface area contributed by atoms with Crippen LogP contribution in [0.3, 0.4) is 0 Å². The highest BCUT2D eigenvalue weighted by atomic mass is 16.3. The first-order valence-electron chi connectivity index (χ1n) is 3.52. The molecule has 4 nitrogen and oxygen atoms in total. The number of nitrogens with zero attached hydrogens (tertiary/aromatic N) is 1. The third-order valence-corrected chi connectivity index (χ3v) is 1.37. The number of nitrogens with two attached hydrogens (primary N) is 2. The minimum absolute atomic E-state index is 0.119. The second-order valence-electron chi connectivity index (χ2n) is 2.34. The Kier molecular flexibility index (Phi) is 2.66. The summed E-state index contributed by atoms with van der Waals surface area (Å²) in [6, 6.07) is 8.96. The van der Waals surface area contributed by atoms with Gasteiger partial charge in [0, 0.05) is 5.56 Å². The Morgan fingerprint density at radius 1 is 1.25 bits per heavy atom. The molecule has 1 unspecified atom stereocenters.